The Balaban J connectivity index is 3.17. The number of rotatable bonds is 10. The largest absolute Gasteiger partial charge is 0.480 e. The van der Waals surface area contributed by atoms with Gasteiger partial charge >= 0.3 is 17.9 Å². The average Bonchev–Trinajstić information content (AvgIpc) is 2.64. The molecule has 1 heterocycles. The van der Waals surface area contributed by atoms with Gasteiger partial charge in [0.05, 0.1) is 26.2 Å². The minimum absolute atomic E-state index is 0.0950. The number of carboxylic acids is 3. The second-order valence-corrected chi connectivity index (χ2v) is 7.58. The zero-order valence-corrected chi connectivity index (χ0v) is 16.1. The van der Waals surface area contributed by atoms with E-state index in [1.54, 1.807) is 30.6 Å². The predicted molar refractivity (Wildman–Crippen MR) is 95.6 cm³/mol. The number of ketones is 1. The van der Waals surface area contributed by atoms with Crippen molar-refractivity contribution < 1.29 is 34.5 Å². The van der Waals surface area contributed by atoms with Crippen LogP contribution >= 0.6 is 0 Å². The van der Waals surface area contributed by atoms with E-state index >= 15 is 0 Å². The zero-order chi connectivity index (χ0) is 20.8. The molecule has 0 unspecified atom stereocenters. The quantitative estimate of drug-likeness (QED) is 0.434. The maximum absolute atomic E-state index is 12.3. The van der Waals surface area contributed by atoms with Gasteiger partial charge in [0.2, 0.25) is 0 Å². The Morgan fingerprint density at radius 2 is 1.33 bits per heavy atom. The molecule has 3 N–H and O–H groups in total. The van der Waals surface area contributed by atoms with Gasteiger partial charge in [-0.25, -0.2) is 0 Å². The first-order chi connectivity index (χ1) is 12.4. The van der Waals surface area contributed by atoms with Crippen LogP contribution in [0.2, 0.25) is 0 Å². The van der Waals surface area contributed by atoms with E-state index in [-0.39, 0.29) is 44.4 Å². The second-order valence-electron chi connectivity index (χ2n) is 7.58. The van der Waals surface area contributed by atoms with Crippen molar-refractivity contribution in [3.63, 3.8) is 0 Å². The summed E-state index contributed by atoms with van der Waals surface area (Å²) in [5, 5.41) is 27.6. The minimum atomic E-state index is -1.11. The Morgan fingerprint density at radius 3 is 1.67 bits per heavy atom. The highest BCUT2D eigenvalue weighted by molar-refractivity contribution is 5.83. The van der Waals surface area contributed by atoms with E-state index in [1.165, 1.54) is 4.90 Å². The molecule has 0 aromatic heterocycles. The van der Waals surface area contributed by atoms with Gasteiger partial charge in [-0.05, 0) is 6.92 Å². The Morgan fingerprint density at radius 1 is 0.889 bits per heavy atom. The lowest BCUT2D eigenvalue weighted by Crippen LogP contribution is -2.60. The van der Waals surface area contributed by atoms with Crippen molar-refractivity contribution in [2.24, 2.45) is 5.92 Å². The summed E-state index contributed by atoms with van der Waals surface area (Å²) in [4.78, 5) is 50.8. The summed E-state index contributed by atoms with van der Waals surface area (Å²) < 4.78 is 0. The molecular formula is C17H29N3O7. The van der Waals surface area contributed by atoms with Crippen molar-refractivity contribution in [2.75, 3.05) is 52.4 Å². The van der Waals surface area contributed by atoms with E-state index in [4.69, 9.17) is 10.2 Å². The summed E-state index contributed by atoms with van der Waals surface area (Å²) in [6, 6.07) is 0. The topological polar surface area (TPSA) is 139 Å². The van der Waals surface area contributed by atoms with Gasteiger partial charge in [-0.2, -0.15) is 0 Å². The molecule has 0 saturated carbocycles. The van der Waals surface area contributed by atoms with Crippen LogP contribution in [0.5, 0.6) is 0 Å². The van der Waals surface area contributed by atoms with Crippen LogP contribution in [0.4, 0.5) is 0 Å². The van der Waals surface area contributed by atoms with Crippen LogP contribution in [0.3, 0.4) is 0 Å². The molecule has 154 valence electrons. The van der Waals surface area contributed by atoms with Gasteiger partial charge in [0.1, 0.15) is 5.78 Å². The van der Waals surface area contributed by atoms with Crippen LogP contribution in [-0.2, 0) is 19.2 Å². The van der Waals surface area contributed by atoms with Crippen molar-refractivity contribution >= 4 is 23.7 Å². The fourth-order valence-electron chi connectivity index (χ4n) is 3.28. The van der Waals surface area contributed by atoms with Crippen molar-refractivity contribution in [3.05, 3.63) is 0 Å². The van der Waals surface area contributed by atoms with Crippen molar-refractivity contribution in [1.82, 2.24) is 14.7 Å². The molecule has 1 saturated heterocycles. The van der Waals surface area contributed by atoms with E-state index in [0.29, 0.717) is 13.1 Å². The number of carbonyl (C=O) groups excluding carboxylic acids is 1. The summed E-state index contributed by atoms with van der Waals surface area (Å²) in [6.07, 6.45) is 0. The lowest BCUT2D eigenvalue weighted by atomic mass is 9.96. The first-order valence-corrected chi connectivity index (χ1v) is 8.81. The minimum Gasteiger partial charge on any atom is -0.480 e. The van der Waals surface area contributed by atoms with E-state index < -0.39 is 30.0 Å². The highest BCUT2D eigenvalue weighted by Crippen LogP contribution is 2.22. The monoisotopic (exact) mass is 387 g/mol. The molecule has 10 heteroatoms. The van der Waals surface area contributed by atoms with Crippen LogP contribution in [0.15, 0.2) is 0 Å². The number of hydrogen-bond acceptors (Lipinski definition) is 7. The fraction of sp³-hybridized carbons (Fsp3) is 0.765. The maximum atomic E-state index is 12.3. The molecule has 0 aromatic carbocycles. The molecule has 1 fully saturated rings. The molecule has 1 rings (SSSR count). The molecule has 0 amide bonds. The first-order valence-electron chi connectivity index (χ1n) is 8.81. The number of Topliss-reactive ketones (excluding diaryl/α,β-unsaturated/α-hetero) is 1. The number of hydrogen-bond donors (Lipinski definition) is 3. The Kier molecular flexibility index (Phi) is 8.32. The SMILES string of the molecule is CC(C)C(=O)CN(CC(=O)O)C1(C)CN(CC(=O)O)CCN(CC(=O)O)C1. The lowest BCUT2D eigenvalue weighted by Gasteiger charge is -2.43. The number of carbonyl (C=O) groups is 4. The molecule has 0 atom stereocenters. The van der Waals surface area contributed by atoms with Gasteiger partial charge < -0.3 is 15.3 Å². The smallest absolute Gasteiger partial charge is 0.317 e. The summed E-state index contributed by atoms with van der Waals surface area (Å²) in [7, 11) is 0. The first kappa shape index (κ1) is 23.0. The van der Waals surface area contributed by atoms with Crippen molar-refractivity contribution in [1.29, 1.82) is 0 Å². The summed E-state index contributed by atoms with van der Waals surface area (Å²) in [5.41, 5.74) is -0.898. The van der Waals surface area contributed by atoms with Crippen LogP contribution in [0, 0.1) is 5.92 Å². The molecule has 0 bridgehead atoms. The molecule has 0 aliphatic carbocycles. The lowest BCUT2D eigenvalue weighted by molar-refractivity contribution is -0.144. The summed E-state index contributed by atoms with van der Waals surface area (Å²) in [5.74, 6) is -3.55. The fourth-order valence-corrected chi connectivity index (χ4v) is 3.28. The van der Waals surface area contributed by atoms with Gasteiger partial charge in [0.25, 0.3) is 0 Å². The van der Waals surface area contributed by atoms with E-state index in [0.717, 1.165) is 0 Å². The summed E-state index contributed by atoms with van der Waals surface area (Å²) in [6.45, 7) is 5.35. The normalized spacial score (nSPS) is 18.4. The molecule has 10 nitrogen and oxygen atoms in total. The van der Waals surface area contributed by atoms with E-state index in [9.17, 15) is 24.3 Å². The van der Waals surface area contributed by atoms with Crippen LogP contribution in [0.25, 0.3) is 0 Å². The molecule has 1 aliphatic rings. The maximum Gasteiger partial charge on any atom is 0.317 e. The average molecular weight is 387 g/mol. The third kappa shape index (κ3) is 7.61. The third-order valence-electron chi connectivity index (χ3n) is 4.66. The Bertz CT molecular complexity index is 553. The van der Waals surface area contributed by atoms with Crippen molar-refractivity contribution in [2.45, 2.75) is 26.3 Å². The van der Waals surface area contributed by atoms with Gasteiger partial charge in [0.15, 0.2) is 0 Å². The molecule has 0 radical (unpaired) electrons. The Labute approximate surface area is 158 Å². The van der Waals surface area contributed by atoms with Gasteiger partial charge in [-0.3, -0.25) is 33.9 Å². The van der Waals surface area contributed by atoms with Crippen LogP contribution < -0.4 is 0 Å². The molecule has 0 aromatic rings. The number of aliphatic carboxylic acids is 3. The van der Waals surface area contributed by atoms with Crippen LogP contribution in [-0.4, -0.2) is 112 Å². The van der Waals surface area contributed by atoms with Gasteiger partial charge in [-0.1, -0.05) is 13.8 Å². The van der Waals surface area contributed by atoms with Gasteiger partial charge in [0, 0.05) is 37.6 Å². The third-order valence-corrected chi connectivity index (χ3v) is 4.66. The molecular weight excluding hydrogens is 358 g/mol. The molecule has 1 aliphatic heterocycles. The predicted octanol–water partition coefficient (Wildman–Crippen LogP) is -0.856. The standard InChI is InChI=1S/C17H29N3O7/c1-12(2)13(21)6-20(9-16(26)27)17(3)10-18(7-14(22)23)4-5-19(11-17)8-15(24)25/h12H,4-11H2,1-3H3,(H,22,23)(H,24,25)(H,26,27). The zero-order valence-electron chi connectivity index (χ0n) is 16.1. The van der Waals surface area contributed by atoms with Crippen molar-refractivity contribution in [3.8, 4) is 0 Å². The summed E-state index contributed by atoms with van der Waals surface area (Å²) >= 11 is 0. The van der Waals surface area contributed by atoms with E-state index in [1.807, 2.05) is 0 Å². The second kappa shape index (κ2) is 9.77. The highest BCUT2D eigenvalue weighted by Gasteiger charge is 2.40. The number of nitrogens with zero attached hydrogens (tertiary/aromatic N) is 3. The Hall–Kier alpha value is -2.04. The van der Waals surface area contributed by atoms with E-state index in [2.05, 4.69) is 0 Å². The highest BCUT2D eigenvalue weighted by atomic mass is 16.4. The molecule has 0 spiro atoms. The number of carboxylic acid groups (broad SMARTS) is 3. The van der Waals surface area contributed by atoms with Gasteiger partial charge in [-0.15, -0.1) is 0 Å². The van der Waals surface area contributed by atoms with Crippen LogP contribution in [0.1, 0.15) is 20.8 Å². The molecule has 27 heavy (non-hydrogen) atoms.